The fraction of sp³-hybridized carbons (Fsp3) is 0.600. The van der Waals surface area contributed by atoms with E-state index in [2.05, 4.69) is 15.9 Å². The maximum Gasteiger partial charge on any atom is 0.147 e. The maximum absolute atomic E-state index is 4.73. The molecule has 0 amide bonds. The molecule has 0 aromatic carbocycles. The molecule has 0 atom stereocenters. The number of hydrogen-bond acceptors (Lipinski definition) is 3. The Bertz CT molecular complexity index is 94.6. The van der Waals surface area contributed by atoms with Gasteiger partial charge < -0.3 is 9.57 Å². The molecule has 3 heteroatoms. The summed E-state index contributed by atoms with van der Waals surface area (Å²) < 4.78 is 4.73. The molecular formula is C5H9NO2. The van der Waals surface area contributed by atoms with Crippen molar-refractivity contribution in [1.82, 2.24) is 0 Å². The van der Waals surface area contributed by atoms with E-state index in [0.717, 1.165) is 0 Å². The van der Waals surface area contributed by atoms with Gasteiger partial charge in [0.25, 0.3) is 0 Å². The third-order valence-electron chi connectivity index (χ3n) is 0.447. The molecule has 0 aliphatic heterocycles. The fourth-order valence-electron chi connectivity index (χ4n) is 0.195. The van der Waals surface area contributed by atoms with E-state index in [9.17, 15) is 0 Å². The lowest BCUT2D eigenvalue weighted by Crippen LogP contribution is -1.76. The van der Waals surface area contributed by atoms with Crippen molar-refractivity contribution in [2.75, 3.05) is 13.7 Å². The maximum atomic E-state index is 4.73. The molecule has 0 aliphatic rings. The largest absolute Gasteiger partial charge is 0.492 e. The van der Waals surface area contributed by atoms with Crippen molar-refractivity contribution in [3.63, 3.8) is 0 Å². The van der Waals surface area contributed by atoms with E-state index in [1.165, 1.54) is 13.4 Å². The molecule has 3 nitrogen and oxygen atoms in total. The molecule has 0 rings (SSSR count). The minimum Gasteiger partial charge on any atom is -0.492 e. The number of nitrogens with zero attached hydrogens (tertiary/aromatic N) is 1. The monoisotopic (exact) mass is 115 g/mol. The van der Waals surface area contributed by atoms with Crippen molar-refractivity contribution >= 4 is 5.87 Å². The highest BCUT2D eigenvalue weighted by Crippen LogP contribution is 1.67. The van der Waals surface area contributed by atoms with Crippen molar-refractivity contribution in [2.45, 2.75) is 6.92 Å². The summed E-state index contributed by atoms with van der Waals surface area (Å²) in [7, 11) is 1.45. The second-order valence-corrected chi connectivity index (χ2v) is 0.976. The lowest BCUT2D eigenvalue weighted by Gasteiger charge is -1.84. The molecule has 0 saturated heterocycles. The lowest BCUT2D eigenvalue weighted by atomic mass is 10.9. The van der Waals surface area contributed by atoms with Crippen LogP contribution in [0.5, 0.6) is 0 Å². The Morgan fingerprint density at radius 2 is 2.50 bits per heavy atom. The van der Waals surface area contributed by atoms with E-state index in [1.807, 2.05) is 6.92 Å². The molecule has 0 aromatic heterocycles. The quantitative estimate of drug-likeness (QED) is 0.309. The van der Waals surface area contributed by atoms with E-state index < -0.39 is 0 Å². The van der Waals surface area contributed by atoms with E-state index >= 15 is 0 Å². The minimum absolute atomic E-state index is 0.631. The van der Waals surface area contributed by atoms with Gasteiger partial charge in [0.05, 0.1) is 12.5 Å². The molecule has 0 heterocycles. The summed E-state index contributed by atoms with van der Waals surface area (Å²) in [6.45, 7) is 2.51. The highest BCUT2D eigenvalue weighted by Gasteiger charge is 1.62. The van der Waals surface area contributed by atoms with Crippen molar-refractivity contribution in [3.8, 4) is 0 Å². The molecule has 0 spiro atoms. The van der Waals surface area contributed by atoms with Crippen LogP contribution < -0.4 is 0 Å². The highest BCUT2D eigenvalue weighted by atomic mass is 16.6. The predicted octanol–water partition coefficient (Wildman–Crippen LogP) is 0.768. The average molecular weight is 115 g/mol. The first-order chi connectivity index (χ1) is 3.91. The van der Waals surface area contributed by atoms with Crippen LogP contribution in [-0.4, -0.2) is 19.6 Å². The fourth-order valence-corrected chi connectivity index (χ4v) is 0.195. The zero-order valence-electron chi connectivity index (χ0n) is 5.05. The van der Waals surface area contributed by atoms with Crippen molar-refractivity contribution in [3.05, 3.63) is 6.26 Å². The normalized spacial score (nSPS) is 6.75. The van der Waals surface area contributed by atoms with Crippen molar-refractivity contribution < 1.29 is 9.57 Å². The number of rotatable bonds is 3. The van der Waals surface area contributed by atoms with Crippen LogP contribution in [-0.2, 0) is 9.57 Å². The highest BCUT2D eigenvalue weighted by molar-refractivity contribution is 5.48. The van der Waals surface area contributed by atoms with Gasteiger partial charge in [-0.3, -0.25) is 0 Å². The zero-order chi connectivity index (χ0) is 6.24. The SMILES string of the molecule is CCOC=C=NOC. The summed E-state index contributed by atoms with van der Waals surface area (Å²) in [4.78, 5) is 4.29. The molecule has 46 valence electrons. The molecule has 0 aliphatic carbocycles. The Morgan fingerprint density at radius 1 is 1.75 bits per heavy atom. The number of ether oxygens (including phenoxy) is 1. The molecule has 0 saturated carbocycles. The van der Waals surface area contributed by atoms with Crippen molar-refractivity contribution in [1.29, 1.82) is 0 Å². The number of hydrogen-bond donors (Lipinski definition) is 0. The molecule has 0 unspecified atom stereocenters. The van der Waals surface area contributed by atoms with Crippen LogP contribution in [0.25, 0.3) is 0 Å². The van der Waals surface area contributed by atoms with Crippen LogP contribution in [0.1, 0.15) is 6.92 Å². The molecule has 0 fully saturated rings. The third kappa shape index (κ3) is 5.05. The van der Waals surface area contributed by atoms with Gasteiger partial charge >= 0.3 is 0 Å². The topological polar surface area (TPSA) is 30.8 Å². The van der Waals surface area contributed by atoms with Gasteiger partial charge in [0, 0.05) is 0 Å². The predicted molar refractivity (Wildman–Crippen MR) is 30.6 cm³/mol. The van der Waals surface area contributed by atoms with Crippen LogP contribution in [0.15, 0.2) is 11.4 Å². The summed E-state index contributed by atoms with van der Waals surface area (Å²) in [5.41, 5.74) is 0. The molecule has 8 heavy (non-hydrogen) atoms. The molecule has 0 bridgehead atoms. The van der Waals surface area contributed by atoms with Gasteiger partial charge in [-0.2, -0.15) is 0 Å². The molecule has 0 aromatic rings. The van der Waals surface area contributed by atoms with Gasteiger partial charge in [0.2, 0.25) is 0 Å². The van der Waals surface area contributed by atoms with Crippen LogP contribution in [0.3, 0.4) is 0 Å². The Balaban J connectivity index is 3.18. The minimum atomic E-state index is 0.631. The third-order valence-corrected chi connectivity index (χ3v) is 0.447. The molecular weight excluding hydrogens is 106 g/mol. The first-order valence-electron chi connectivity index (χ1n) is 2.33. The summed E-state index contributed by atoms with van der Waals surface area (Å²) >= 11 is 0. The first kappa shape index (κ1) is 7.05. The molecule has 0 N–H and O–H groups in total. The Labute approximate surface area is 48.6 Å². The van der Waals surface area contributed by atoms with Crippen LogP contribution in [0, 0.1) is 0 Å². The van der Waals surface area contributed by atoms with Gasteiger partial charge in [-0.1, -0.05) is 0 Å². The first-order valence-corrected chi connectivity index (χ1v) is 2.33. The van der Waals surface area contributed by atoms with Crippen LogP contribution in [0.4, 0.5) is 0 Å². The Morgan fingerprint density at radius 3 is 3.00 bits per heavy atom. The van der Waals surface area contributed by atoms with E-state index in [4.69, 9.17) is 4.74 Å². The summed E-state index contributed by atoms with van der Waals surface area (Å²) in [5.74, 6) is 2.39. The molecule has 0 radical (unpaired) electrons. The summed E-state index contributed by atoms with van der Waals surface area (Å²) in [6.07, 6.45) is 1.35. The van der Waals surface area contributed by atoms with Gasteiger partial charge in [0.1, 0.15) is 13.4 Å². The van der Waals surface area contributed by atoms with E-state index in [1.54, 1.807) is 0 Å². The van der Waals surface area contributed by atoms with Crippen LogP contribution >= 0.6 is 0 Å². The summed E-state index contributed by atoms with van der Waals surface area (Å²) in [6, 6.07) is 0. The van der Waals surface area contributed by atoms with Gasteiger partial charge in [-0.15, -0.1) is 0 Å². The second kappa shape index (κ2) is 6.05. The Hall–Kier alpha value is -0.950. The van der Waals surface area contributed by atoms with Crippen LogP contribution in [0.2, 0.25) is 0 Å². The zero-order valence-corrected chi connectivity index (χ0v) is 5.05. The van der Waals surface area contributed by atoms with E-state index in [-0.39, 0.29) is 0 Å². The smallest absolute Gasteiger partial charge is 0.147 e. The Kier molecular flexibility index (Phi) is 5.33. The average Bonchev–Trinajstić information content (AvgIpc) is 1.81. The van der Waals surface area contributed by atoms with E-state index in [0.29, 0.717) is 6.61 Å². The summed E-state index contributed by atoms with van der Waals surface area (Å²) in [5, 5.41) is 3.28. The lowest BCUT2D eigenvalue weighted by molar-refractivity contribution is 0.214. The second-order valence-electron chi connectivity index (χ2n) is 0.976. The van der Waals surface area contributed by atoms with Gasteiger partial charge in [-0.25, -0.2) is 0 Å². The van der Waals surface area contributed by atoms with Crippen molar-refractivity contribution in [2.24, 2.45) is 5.16 Å². The van der Waals surface area contributed by atoms with Gasteiger partial charge in [0.15, 0.2) is 0 Å². The van der Waals surface area contributed by atoms with Gasteiger partial charge in [-0.05, 0) is 12.1 Å². The standard InChI is InChI=1S/C5H9NO2/c1-3-8-5-4-6-7-2/h5H,3H2,1-2H3.